The summed E-state index contributed by atoms with van der Waals surface area (Å²) in [5.41, 5.74) is -0.240. The van der Waals surface area contributed by atoms with Crippen LogP contribution in [0.2, 0.25) is 10.0 Å². The molecule has 118 valence electrons. The number of nitrogens with one attached hydrogen (secondary N) is 1. The van der Waals surface area contributed by atoms with Gasteiger partial charge in [-0.25, -0.2) is 9.18 Å². The first-order valence-corrected chi connectivity index (χ1v) is 7.53. The summed E-state index contributed by atoms with van der Waals surface area (Å²) in [4.78, 5) is 27.4. The molecule has 3 rings (SSSR count). The fourth-order valence-electron chi connectivity index (χ4n) is 2.47. The molecule has 0 aliphatic carbocycles. The van der Waals surface area contributed by atoms with E-state index in [4.69, 9.17) is 23.2 Å². The van der Waals surface area contributed by atoms with Crippen molar-refractivity contribution >= 4 is 34.1 Å². The van der Waals surface area contributed by atoms with Crippen molar-refractivity contribution in [1.82, 2.24) is 9.55 Å². The Morgan fingerprint density at radius 1 is 1.13 bits per heavy atom. The van der Waals surface area contributed by atoms with Gasteiger partial charge in [0.15, 0.2) is 0 Å². The summed E-state index contributed by atoms with van der Waals surface area (Å²) in [5.74, 6) is -0.714. The molecule has 23 heavy (non-hydrogen) atoms. The second-order valence-electron chi connectivity index (χ2n) is 5.14. The quantitative estimate of drug-likeness (QED) is 0.763. The van der Waals surface area contributed by atoms with Gasteiger partial charge < -0.3 is 4.98 Å². The van der Waals surface area contributed by atoms with E-state index in [9.17, 15) is 14.0 Å². The molecule has 0 unspecified atom stereocenters. The van der Waals surface area contributed by atoms with E-state index in [1.54, 1.807) is 31.2 Å². The maximum absolute atomic E-state index is 13.6. The van der Waals surface area contributed by atoms with Gasteiger partial charge in [0.2, 0.25) is 0 Å². The molecule has 0 bridgehead atoms. The summed E-state index contributed by atoms with van der Waals surface area (Å²) >= 11 is 11.5. The molecule has 0 radical (unpaired) electrons. The van der Waals surface area contributed by atoms with Gasteiger partial charge in [-0.2, -0.15) is 0 Å². The summed E-state index contributed by atoms with van der Waals surface area (Å²) < 4.78 is 14.7. The van der Waals surface area contributed by atoms with Crippen molar-refractivity contribution in [2.45, 2.75) is 13.0 Å². The highest BCUT2D eigenvalue weighted by Gasteiger charge is 2.16. The number of fused-ring (bicyclic) bond motifs is 1. The van der Waals surface area contributed by atoms with Gasteiger partial charge in [-0.05, 0) is 36.8 Å². The number of halogens is 3. The van der Waals surface area contributed by atoms with E-state index in [2.05, 4.69) is 4.98 Å². The van der Waals surface area contributed by atoms with E-state index >= 15 is 0 Å². The van der Waals surface area contributed by atoms with E-state index in [1.165, 1.54) is 6.07 Å². The van der Waals surface area contributed by atoms with Crippen LogP contribution in [0, 0.1) is 5.82 Å². The zero-order valence-electron chi connectivity index (χ0n) is 11.9. The van der Waals surface area contributed by atoms with Gasteiger partial charge in [-0.3, -0.25) is 9.36 Å². The number of hydrogen-bond acceptors (Lipinski definition) is 2. The molecule has 3 aromatic rings. The number of aromatic amines is 1. The molecule has 1 N–H and O–H groups in total. The minimum Gasteiger partial charge on any atom is -0.307 e. The largest absolute Gasteiger partial charge is 0.329 e. The van der Waals surface area contributed by atoms with Crippen LogP contribution in [-0.4, -0.2) is 9.55 Å². The Bertz CT molecular complexity index is 1010. The van der Waals surface area contributed by atoms with Crippen LogP contribution in [-0.2, 0) is 0 Å². The van der Waals surface area contributed by atoms with E-state index in [0.29, 0.717) is 5.02 Å². The van der Waals surface area contributed by atoms with Crippen molar-refractivity contribution in [3.8, 4) is 0 Å². The third kappa shape index (κ3) is 2.78. The minimum absolute atomic E-state index is 0.0623. The second kappa shape index (κ2) is 5.83. The third-order valence-electron chi connectivity index (χ3n) is 3.71. The van der Waals surface area contributed by atoms with Crippen LogP contribution in [0.5, 0.6) is 0 Å². The van der Waals surface area contributed by atoms with Crippen LogP contribution in [0.3, 0.4) is 0 Å². The Balaban J connectivity index is 2.25. The van der Waals surface area contributed by atoms with Gasteiger partial charge in [-0.1, -0.05) is 35.3 Å². The first-order chi connectivity index (χ1) is 10.9. The van der Waals surface area contributed by atoms with Crippen molar-refractivity contribution < 1.29 is 4.39 Å². The molecule has 4 nitrogen and oxygen atoms in total. The molecule has 0 saturated heterocycles. The molecule has 0 spiro atoms. The molecule has 7 heteroatoms. The third-order valence-corrected chi connectivity index (χ3v) is 4.25. The number of aromatic nitrogens is 2. The first kappa shape index (κ1) is 15.8. The average Bonchev–Trinajstić information content (AvgIpc) is 2.50. The Kier molecular flexibility index (Phi) is 4.00. The molecule has 0 saturated carbocycles. The SMILES string of the molecule is C[C@@H](c1ccc(Cl)cc1)n1c(=O)[nH]c2cc(Cl)c(F)cc2c1=O. The fraction of sp³-hybridized carbons (Fsp3) is 0.125. The predicted molar refractivity (Wildman–Crippen MR) is 89.1 cm³/mol. The fourth-order valence-corrected chi connectivity index (χ4v) is 2.76. The minimum atomic E-state index is -0.714. The van der Waals surface area contributed by atoms with Gasteiger partial charge in [-0.15, -0.1) is 0 Å². The molecule has 1 aromatic heterocycles. The maximum Gasteiger partial charge on any atom is 0.329 e. The molecule has 1 atom stereocenters. The zero-order chi connectivity index (χ0) is 16.7. The topological polar surface area (TPSA) is 54.9 Å². The van der Waals surface area contributed by atoms with Crippen molar-refractivity contribution in [2.75, 3.05) is 0 Å². The number of rotatable bonds is 2. The highest BCUT2D eigenvalue weighted by Crippen LogP contribution is 2.21. The molecule has 0 aliphatic rings. The lowest BCUT2D eigenvalue weighted by Crippen LogP contribution is -2.37. The van der Waals surface area contributed by atoms with Crippen molar-refractivity contribution in [3.63, 3.8) is 0 Å². The van der Waals surface area contributed by atoms with E-state index in [0.717, 1.165) is 16.2 Å². The van der Waals surface area contributed by atoms with E-state index < -0.39 is 23.1 Å². The predicted octanol–water partition coefficient (Wildman–Crippen LogP) is 3.75. The average molecular weight is 353 g/mol. The summed E-state index contributed by atoms with van der Waals surface area (Å²) in [7, 11) is 0. The van der Waals surface area contributed by atoms with Crippen molar-refractivity contribution in [2.24, 2.45) is 0 Å². The van der Waals surface area contributed by atoms with Crippen molar-refractivity contribution in [1.29, 1.82) is 0 Å². The highest BCUT2D eigenvalue weighted by molar-refractivity contribution is 6.31. The Labute approximate surface area is 140 Å². The van der Waals surface area contributed by atoms with Crippen LogP contribution in [0.25, 0.3) is 10.9 Å². The number of benzene rings is 2. The van der Waals surface area contributed by atoms with Crippen LogP contribution in [0.15, 0.2) is 46.0 Å². The highest BCUT2D eigenvalue weighted by atomic mass is 35.5. The zero-order valence-corrected chi connectivity index (χ0v) is 13.5. The molecule has 1 heterocycles. The summed E-state index contributed by atoms with van der Waals surface area (Å²) in [6.07, 6.45) is 0. The van der Waals surface area contributed by atoms with Crippen LogP contribution in [0.4, 0.5) is 4.39 Å². The lowest BCUT2D eigenvalue weighted by atomic mass is 10.1. The maximum atomic E-state index is 13.6. The number of H-pyrrole nitrogens is 1. The molecule has 0 fully saturated rings. The summed E-state index contributed by atoms with van der Waals surface area (Å²) in [6, 6.07) is 8.52. The smallest absolute Gasteiger partial charge is 0.307 e. The van der Waals surface area contributed by atoms with Gasteiger partial charge >= 0.3 is 5.69 Å². The number of hydrogen-bond donors (Lipinski definition) is 1. The van der Waals surface area contributed by atoms with Crippen LogP contribution < -0.4 is 11.2 Å². The molecule has 0 amide bonds. The Morgan fingerprint density at radius 2 is 1.78 bits per heavy atom. The second-order valence-corrected chi connectivity index (χ2v) is 5.99. The van der Waals surface area contributed by atoms with Gasteiger partial charge in [0, 0.05) is 5.02 Å². The first-order valence-electron chi connectivity index (χ1n) is 6.77. The molecular formula is C16H11Cl2FN2O2. The van der Waals surface area contributed by atoms with Gasteiger partial charge in [0.05, 0.1) is 22.0 Å². The van der Waals surface area contributed by atoms with E-state index in [1.807, 2.05) is 0 Å². The lowest BCUT2D eigenvalue weighted by Gasteiger charge is -2.15. The molecular weight excluding hydrogens is 342 g/mol. The monoisotopic (exact) mass is 352 g/mol. The lowest BCUT2D eigenvalue weighted by molar-refractivity contribution is 0.584. The standard InChI is InChI=1S/C16H11Cl2FN2O2/c1-8(9-2-4-10(17)5-3-9)21-15(22)11-6-13(19)12(18)7-14(11)20-16(21)23/h2-8H,1H3,(H,20,23)/t8-/m0/s1. The van der Waals surface area contributed by atoms with E-state index in [-0.39, 0.29) is 15.9 Å². The van der Waals surface area contributed by atoms with Crippen LogP contribution in [0.1, 0.15) is 18.5 Å². The van der Waals surface area contributed by atoms with Gasteiger partial charge in [0.1, 0.15) is 5.82 Å². The Hall–Kier alpha value is -2.11. The van der Waals surface area contributed by atoms with Gasteiger partial charge in [0.25, 0.3) is 5.56 Å². The molecule has 2 aromatic carbocycles. The number of nitrogens with zero attached hydrogens (tertiary/aromatic N) is 1. The molecule has 0 aliphatic heterocycles. The van der Waals surface area contributed by atoms with Crippen molar-refractivity contribution in [3.05, 3.63) is 78.7 Å². The summed E-state index contributed by atoms with van der Waals surface area (Å²) in [6.45, 7) is 1.71. The summed E-state index contributed by atoms with van der Waals surface area (Å²) in [5, 5.41) is 0.459. The van der Waals surface area contributed by atoms with Crippen LogP contribution >= 0.6 is 23.2 Å². The Morgan fingerprint density at radius 3 is 2.43 bits per heavy atom. The normalized spacial score (nSPS) is 12.5.